The first kappa shape index (κ1) is 19.5. The van der Waals surface area contributed by atoms with Crippen molar-refractivity contribution < 1.29 is 9.59 Å². The summed E-state index contributed by atoms with van der Waals surface area (Å²) in [6.45, 7) is 0. The number of hydrogen-bond donors (Lipinski definition) is 2. The maximum atomic E-state index is 12.6. The summed E-state index contributed by atoms with van der Waals surface area (Å²) in [5.41, 5.74) is 1.76. The molecular weight excluding hydrogens is 390 g/mol. The zero-order chi connectivity index (χ0) is 19.3. The van der Waals surface area contributed by atoms with E-state index in [1.54, 1.807) is 0 Å². The molecule has 148 valence electrons. The SMILES string of the molecule is O=C(CC1CCCC1)Nc1sc(SCC(=O)NC2CC2)nc1-c1ccccc1. The van der Waals surface area contributed by atoms with E-state index in [0.29, 0.717) is 24.1 Å². The number of aromatic nitrogens is 1. The standard InChI is InChI=1S/C21H25N3O2S2/c25-17(12-14-6-4-5-7-14)23-20-19(15-8-2-1-3-9-15)24-21(28-20)27-13-18(26)22-16-10-11-16/h1-3,8-9,14,16H,4-7,10-13H2,(H,22,26)(H,23,25). The Kier molecular flexibility index (Phi) is 6.32. The minimum absolute atomic E-state index is 0.0516. The third-order valence-electron chi connectivity index (χ3n) is 5.13. The highest BCUT2D eigenvalue weighted by atomic mass is 32.2. The van der Waals surface area contributed by atoms with E-state index in [-0.39, 0.29) is 11.8 Å². The predicted molar refractivity (Wildman–Crippen MR) is 115 cm³/mol. The first-order valence-electron chi connectivity index (χ1n) is 9.95. The Bertz CT molecular complexity index is 827. The van der Waals surface area contributed by atoms with Gasteiger partial charge in [-0.1, -0.05) is 66.3 Å². The fourth-order valence-electron chi connectivity index (χ4n) is 3.52. The number of benzene rings is 1. The Morgan fingerprint density at radius 1 is 1.07 bits per heavy atom. The summed E-state index contributed by atoms with van der Waals surface area (Å²) in [4.78, 5) is 29.2. The summed E-state index contributed by atoms with van der Waals surface area (Å²) in [7, 11) is 0. The Labute approximate surface area is 173 Å². The maximum absolute atomic E-state index is 12.6. The molecule has 2 N–H and O–H groups in total. The predicted octanol–water partition coefficient (Wildman–Crippen LogP) is 4.70. The van der Waals surface area contributed by atoms with Crippen LogP contribution in [0.2, 0.25) is 0 Å². The molecule has 2 amide bonds. The molecule has 2 saturated carbocycles. The van der Waals surface area contributed by atoms with E-state index < -0.39 is 0 Å². The molecule has 1 aromatic carbocycles. The minimum Gasteiger partial charge on any atom is -0.353 e. The molecule has 2 aromatic rings. The summed E-state index contributed by atoms with van der Waals surface area (Å²) >= 11 is 2.89. The average molecular weight is 416 g/mol. The minimum atomic E-state index is 0.0516. The van der Waals surface area contributed by atoms with E-state index in [1.165, 1.54) is 35.9 Å². The molecule has 2 aliphatic carbocycles. The van der Waals surface area contributed by atoms with Crippen LogP contribution in [-0.2, 0) is 9.59 Å². The fraction of sp³-hybridized carbons (Fsp3) is 0.476. The van der Waals surface area contributed by atoms with Gasteiger partial charge in [-0.2, -0.15) is 0 Å². The Morgan fingerprint density at radius 2 is 1.82 bits per heavy atom. The lowest BCUT2D eigenvalue weighted by atomic mass is 10.0. The molecule has 0 unspecified atom stereocenters. The highest BCUT2D eigenvalue weighted by Gasteiger charge is 2.24. The number of rotatable bonds is 8. The summed E-state index contributed by atoms with van der Waals surface area (Å²) in [6.07, 6.45) is 7.52. The molecule has 0 atom stereocenters. The Hall–Kier alpha value is -1.86. The highest BCUT2D eigenvalue weighted by molar-refractivity contribution is 8.01. The number of carbonyl (C=O) groups excluding carboxylic acids is 2. The molecule has 2 aliphatic rings. The van der Waals surface area contributed by atoms with Gasteiger partial charge in [0, 0.05) is 18.0 Å². The fourth-order valence-corrected chi connectivity index (χ4v) is 5.41. The van der Waals surface area contributed by atoms with Crippen LogP contribution >= 0.6 is 23.1 Å². The number of nitrogens with one attached hydrogen (secondary N) is 2. The molecule has 2 fully saturated rings. The van der Waals surface area contributed by atoms with Crippen molar-refractivity contribution in [2.75, 3.05) is 11.1 Å². The van der Waals surface area contributed by atoms with Crippen LogP contribution in [-0.4, -0.2) is 28.6 Å². The molecule has 1 heterocycles. The quantitative estimate of drug-likeness (QED) is 0.613. The third-order valence-corrected chi connectivity index (χ3v) is 7.24. The number of thioether (sulfide) groups is 1. The highest BCUT2D eigenvalue weighted by Crippen LogP contribution is 2.38. The first-order valence-corrected chi connectivity index (χ1v) is 11.8. The van der Waals surface area contributed by atoms with Gasteiger partial charge in [0.15, 0.2) is 4.34 Å². The van der Waals surface area contributed by atoms with Gasteiger partial charge in [0.25, 0.3) is 0 Å². The smallest absolute Gasteiger partial charge is 0.230 e. The molecule has 5 nitrogen and oxygen atoms in total. The number of amides is 2. The van der Waals surface area contributed by atoms with E-state index in [4.69, 9.17) is 4.98 Å². The second kappa shape index (κ2) is 9.09. The van der Waals surface area contributed by atoms with Crippen LogP contribution in [0.1, 0.15) is 44.9 Å². The zero-order valence-electron chi connectivity index (χ0n) is 15.8. The van der Waals surface area contributed by atoms with Gasteiger partial charge in [0.1, 0.15) is 10.7 Å². The van der Waals surface area contributed by atoms with E-state index in [1.807, 2.05) is 30.3 Å². The summed E-state index contributed by atoms with van der Waals surface area (Å²) in [5, 5.41) is 6.86. The lowest BCUT2D eigenvalue weighted by Gasteiger charge is -2.09. The summed E-state index contributed by atoms with van der Waals surface area (Å²) in [6, 6.07) is 10.3. The van der Waals surface area contributed by atoms with Crippen LogP contribution in [0.5, 0.6) is 0 Å². The van der Waals surface area contributed by atoms with Crippen molar-refractivity contribution in [3.63, 3.8) is 0 Å². The Balaban J connectivity index is 1.45. The van der Waals surface area contributed by atoms with Gasteiger partial charge < -0.3 is 10.6 Å². The second-order valence-corrected chi connectivity index (χ2v) is 9.78. The van der Waals surface area contributed by atoms with Gasteiger partial charge in [0.05, 0.1) is 5.75 Å². The van der Waals surface area contributed by atoms with Gasteiger partial charge in [0.2, 0.25) is 11.8 Å². The second-order valence-electron chi connectivity index (χ2n) is 7.56. The van der Waals surface area contributed by atoms with Gasteiger partial charge in [-0.15, -0.1) is 0 Å². The first-order chi connectivity index (χ1) is 13.7. The number of hydrogen-bond acceptors (Lipinski definition) is 5. The number of anilines is 1. The zero-order valence-corrected chi connectivity index (χ0v) is 17.4. The molecule has 0 saturated heterocycles. The summed E-state index contributed by atoms with van der Waals surface area (Å²) in [5.74, 6) is 0.979. The van der Waals surface area contributed by atoms with Crippen molar-refractivity contribution in [1.29, 1.82) is 0 Å². The Morgan fingerprint density at radius 3 is 2.54 bits per heavy atom. The average Bonchev–Trinajstić information content (AvgIpc) is 3.19. The molecule has 0 spiro atoms. The number of thiazole rings is 1. The number of nitrogens with zero attached hydrogens (tertiary/aromatic N) is 1. The lowest BCUT2D eigenvalue weighted by molar-refractivity contribution is -0.119. The molecule has 0 aliphatic heterocycles. The van der Waals surface area contributed by atoms with Gasteiger partial charge >= 0.3 is 0 Å². The molecular formula is C21H25N3O2S2. The van der Waals surface area contributed by atoms with Crippen LogP contribution in [0, 0.1) is 5.92 Å². The van der Waals surface area contributed by atoms with Gasteiger partial charge in [-0.25, -0.2) is 4.98 Å². The molecule has 7 heteroatoms. The van der Waals surface area contributed by atoms with Crippen LogP contribution in [0.15, 0.2) is 34.7 Å². The van der Waals surface area contributed by atoms with Crippen LogP contribution in [0.25, 0.3) is 11.3 Å². The van der Waals surface area contributed by atoms with Gasteiger partial charge in [-0.05, 0) is 31.6 Å². The van der Waals surface area contributed by atoms with Crippen molar-refractivity contribution >= 4 is 39.9 Å². The van der Waals surface area contributed by atoms with Crippen molar-refractivity contribution in [2.24, 2.45) is 5.92 Å². The van der Waals surface area contributed by atoms with E-state index in [0.717, 1.165) is 46.3 Å². The van der Waals surface area contributed by atoms with Crippen LogP contribution < -0.4 is 10.6 Å². The van der Waals surface area contributed by atoms with Gasteiger partial charge in [-0.3, -0.25) is 9.59 Å². The van der Waals surface area contributed by atoms with Crippen LogP contribution in [0.4, 0.5) is 5.00 Å². The normalized spacial score (nSPS) is 16.9. The largest absolute Gasteiger partial charge is 0.353 e. The molecule has 0 bridgehead atoms. The van der Waals surface area contributed by atoms with Crippen molar-refractivity contribution in [3.8, 4) is 11.3 Å². The molecule has 4 rings (SSSR count). The lowest BCUT2D eigenvalue weighted by Crippen LogP contribution is -2.26. The molecule has 0 radical (unpaired) electrons. The van der Waals surface area contributed by atoms with E-state index in [2.05, 4.69) is 10.6 Å². The van der Waals surface area contributed by atoms with E-state index >= 15 is 0 Å². The molecule has 28 heavy (non-hydrogen) atoms. The van der Waals surface area contributed by atoms with E-state index in [9.17, 15) is 9.59 Å². The maximum Gasteiger partial charge on any atom is 0.230 e. The third kappa shape index (κ3) is 5.35. The van der Waals surface area contributed by atoms with Crippen molar-refractivity contribution in [3.05, 3.63) is 30.3 Å². The topological polar surface area (TPSA) is 71.1 Å². The monoisotopic (exact) mass is 415 g/mol. The van der Waals surface area contributed by atoms with Crippen molar-refractivity contribution in [1.82, 2.24) is 10.3 Å². The van der Waals surface area contributed by atoms with Crippen LogP contribution in [0.3, 0.4) is 0 Å². The van der Waals surface area contributed by atoms with Crippen molar-refractivity contribution in [2.45, 2.75) is 55.3 Å². The number of carbonyl (C=O) groups is 2. The molecule has 1 aromatic heterocycles. The summed E-state index contributed by atoms with van der Waals surface area (Å²) < 4.78 is 0.806.